The lowest BCUT2D eigenvalue weighted by Crippen LogP contribution is -2.75. The van der Waals surface area contributed by atoms with Crippen LogP contribution in [0.2, 0.25) is 0 Å². The van der Waals surface area contributed by atoms with Crippen LogP contribution in [0.15, 0.2) is 91.0 Å². The summed E-state index contributed by atoms with van der Waals surface area (Å²) in [6.45, 7) is 2.15. The molecule has 0 fully saturated rings. The molecule has 0 aliphatic heterocycles. The second-order valence-electron chi connectivity index (χ2n) is 5.69. The monoisotopic (exact) mass is 303 g/mol. The molecule has 0 heterocycles. The second kappa shape index (κ2) is 6.30. The molecule has 2 heteroatoms. The Kier molecular flexibility index (Phi) is 4.23. The van der Waals surface area contributed by atoms with E-state index in [1.54, 1.807) is 0 Å². The van der Waals surface area contributed by atoms with Gasteiger partial charge in [0.2, 0.25) is 0 Å². The van der Waals surface area contributed by atoms with Gasteiger partial charge in [-0.1, -0.05) is 97.9 Å². The van der Waals surface area contributed by atoms with Crippen LogP contribution in [0.3, 0.4) is 0 Å². The van der Waals surface area contributed by atoms with Gasteiger partial charge in [0.15, 0.2) is 8.07 Å². The summed E-state index contributed by atoms with van der Waals surface area (Å²) in [6, 6.07) is 32.3. The third kappa shape index (κ3) is 2.41. The van der Waals surface area contributed by atoms with E-state index in [0.29, 0.717) is 0 Å². The second-order valence-corrected chi connectivity index (χ2v) is 9.95. The highest BCUT2D eigenvalue weighted by atomic mass is 28.3. The highest BCUT2D eigenvalue weighted by molar-refractivity contribution is 7.12. The molecule has 3 aromatic carbocycles. The van der Waals surface area contributed by atoms with E-state index in [4.69, 9.17) is 5.73 Å². The first-order valence-corrected chi connectivity index (χ1v) is 9.76. The van der Waals surface area contributed by atoms with Gasteiger partial charge in [-0.3, -0.25) is 0 Å². The summed E-state index contributed by atoms with van der Waals surface area (Å²) in [5, 5.41) is 4.09. The van der Waals surface area contributed by atoms with Crippen molar-refractivity contribution in [2.45, 2.75) is 12.6 Å². The lowest BCUT2D eigenvalue weighted by Gasteiger charge is -2.37. The van der Waals surface area contributed by atoms with E-state index in [9.17, 15) is 0 Å². The Balaban J connectivity index is 2.34. The molecule has 0 saturated carbocycles. The summed E-state index contributed by atoms with van der Waals surface area (Å²) in [7, 11) is -2.22. The predicted molar refractivity (Wildman–Crippen MR) is 97.6 cm³/mol. The summed E-state index contributed by atoms with van der Waals surface area (Å²) < 4.78 is 0. The van der Waals surface area contributed by atoms with Gasteiger partial charge in [0.25, 0.3) is 0 Å². The first-order chi connectivity index (χ1) is 10.8. The minimum absolute atomic E-state index is 0.0831. The molecule has 1 nitrogen and oxygen atoms in total. The van der Waals surface area contributed by atoms with Gasteiger partial charge in [0.1, 0.15) is 0 Å². The average molecular weight is 303 g/mol. The molecule has 22 heavy (non-hydrogen) atoms. The van der Waals surface area contributed by atoms with Crippen LogP contribution in [-0.4, -0.2) is 13.7 Å². The highest BCUT2D eigenvalue weighted by Gasteiger charge is 2.42. The molecule has 0 spiro atoms. The van der Waals surface area contributed by atoms with Gasteiger partial charge in [0.05, 0.1) is 0 Å². The first-order valence-electron chi connectivity index (χ1n) is 7.68. The molecule has 1 unspecified atom stereocenters. The van der Waals surface area contributed by atoms with Gasteiger partial charge in [-0.25, -0.2) is 0 Å². The maximum absolute atomic E-state index is 6.63. The normalized spacial score (nSPS) is 12.8. The lowest BCUT2D eigenvalue weighted by atomic mass is 10.3. The van der Waals surface area contributed by atoms with E-state index in [-0.39, 0.29) is 5.67 Å². The largest absolute Gasteiger partial charge is 0.329 e. The zero-order valence-corrected chi connectivity index (χ0v) is 13.8. The quantitative estimate of drug-likeness (QED) is 0.579. The van der Waals surface area contributed by atoms with Crippen molar-refractivity contribution in [3.63, 3.8) is 0 Å². The maximum Gasteiger partial charge on any atom is 0.164 e. The van der Waals surface area contributed by atoms with Gasteiger partial charge in [-0.05, 0) is 15.6 Å². The summed E-state index contributed by atoms with van der Waals surface area (Å²) in [5.74, 6) is 0. The van der Waals surface area contributed by atoms with E-state index < -0.39 is 8.07 Å². The fraction of sp³-hybridized carbons (Fsp3) is 0.100. The Bertz CT molecular complexity index is 612. The van der Waals surface area contributed by atoms with Crippen LogP contribution in [0.4, 0.5) is 0 Å². The molecule has 0 bridgehead atoms. The number of nitrogens with two attached hydrogens (primary N) is 1. The molecule has 0 aromatic heterocycles. The number of hydrogen-bond donors (Lipinski definition) is 1. The summed E-state index contributed by atoms with van der Waals surface area (Å²) in [5.41, 5.74) is 6.71. The van der Waals surface area contributed by atoms with Crippen molar-refractivity contribution in [1.29, 1.82) is 0 Å². The maximum atomic E-state index is 6.63. The molecule has 0 aliphatic carbocycles. The Labute approximate surface area is 133 Å². The molecule has 2 N–H and O–H groups in total. The molecule has 0 aliphatic rings. The number of benzene rings is 3. The third-order valence-electron chi connectivity index (χ3n) is 4.37. The zero-order chi connectivity index (χ0) is 15.4. The van der Waals surface area contributed by atoms with Crippen molar-refractivity contribution in [3.8, 4) is 0 Å². The fourth-order valence-corrected chi connectivity index (χ4v) is 8.12. The van der Waals surface area contributed by atoms with Crippen LogP contribution in [0.5, 0.6) is 0 Å². The van der Waals surface area contributed by atoms with E-state index in [1.807, 2.05) is 0 Å². The molecule has 0 radical (unpaired) electrons. The number of rotatable bonds is 4. The van der Waals surface area contributed by atoms with Gasteiger partial charge in [-0.2, -0.15) is 0 Å². The van der Waals surface area contributed by atoms with E-state index >= 15 is 0 Å². The molecule has 110 valence electrons. The fourth-order valence-electron chi connectivity index (χ4n) is 3.39. The summed E-state index contributed by atoms with van der Waals surface area (Å²) >= 11 is 0. The van der Waals surface area contributed by atoms with Crippen LogP contribution in [0.25, 0.3) is 0 Å². The van der Waals surface area contributed by atoms with Crippen molar-refractivity contribution in [1.82, 2.24) is 0 Å². The molecule has 0 saturated heterocycles. The standard InChI is InChI=1S/C20H21NSi/c1-17(21)22(18-11-5-2-6-12-18,19-13-7-3-8-14-19)20-15-9-4-10-16-20/h2-17H,21H2,1H3. The molecule has 3 aromatic rings. The molecular formula is C20H21NSi. The van der Waals surface area contributed by atoms with Gasteiger partial charge in [0, 0.05) is 5.67 Å². The first kappa shape index (κ1) is 14.8. The van der Waals surface area contributed by atoms with E-state index in [0.717, 1.165) is 0 Å². The Morgan fingerprint density at radius 3 is 1.09 bits per heavy atom. The highest BCUT2D eigenvalue weighted by Crippen LogP contribution is 2.10. The van der Waals surface area contributed by atoms with Crippen molar-refractivity contribution < 1.29 is 0 Å². The smallest absolute Gasteiger partial charge is 0.164 e. The molecule has 0 amide bonds. The summed E-state index contributed by atoms with van der Waals surface area (Å²) in [4.78, 5) is 0. The summed E-state index contributed by atoms with van der Waals surface area (Å²) in [6.07, 6.45) is 0. The van der Waals surface area contributed by atoms with Crippen LogP contribution >= 0.6 is 0 Å². The van der Waals surface area contributed by atoms with Crippen LogP contribution in [0, 0.1) is 0 Å². The SMILES string of the molecule is CC(N)[Si](c1ccccc1)(c1ccccc1)c1ccccc1. The molecule has 1 atom stereocenters. The van der Waals surface area contributed by atoms with Crippen molar-refractivity contribution in [2.24, 2.45) is 5.73 Å². The molecular weight excluding hydrogens is 282 g/mol. The lowest BCUT2D eigenvalue weighted by molar-refractivity contribution is 0.995. The minimum atomic E-state index is -2.22. The zero-order valence-electron chi connectivity index (χ0n) is 12.8. The van der Waals surface area contributed by atoms with Crippen molar-refractivity contribution in [2.75, 3.05) is 0 Å². The van der Waals surface area contributed by atoms with Crippen LogP contribution in [0.1, 0.15) is 6.92 Å². The van der Waals surface area contributed by atoms with Gasteiger partial charge < -0.3 is 5.73 Å². The average Bonchev–Trinajstić information content (AvgIpc) is 2.58. The Morgan fingerprint density at radius 1 is 0.591 bits per heavy atom. The predicted octanol–water partition coefficient (Wildman–Crippen LogP) is 2.04. The molecule has 3 rings (SSSR count). The van der Waals surface area contributed by atoms with Crippen LogP contribution in [-0.2, 0) is 0 Å². The van der Waals surface area contributed by atoms with E-state index in [1.165, 1.54) is 15.6 Å². The van der Waals surface area contributed by atoms with E-state index in [2.05, 4.69) is 97.9 Å². The van der Waals surface area contributed by atoms with Crippen molar-refractivity contribution >= 4 is 23.6 Å². The van der Waals surface area contributed by atoms with Gasteiger partial charge in [-0.15, -0.1) is 0 Å². The van der Waals surface area contributed by atoms with Crippen molar-refractivity contribution in [3.05, 3.63) is 91.0 Å². The van der Waals surface area contributed by atoms with Gasteiger partial charge >= 0.3 is 0 Å². The van der Waals surface area contributed by atoms with Crippen LogP contribution < -0.4 is 21.3 Å². The Hall–Kier alpha value is -2.16. The Morgan fingerprint density at radius 2 is 0.864 bits per heavy atom. The minimum Gasteiger partial charge on any atom is -0.329 e. The third-order valence-corrected chi connectivity index (χ3v) is 9.47. The number of hydrogen-bond acceptors (Lipinski definition) is 1. The topological polar surface area (TPSA) is 26.0 Å².